The molecule has 0 aliphatic carbocycles. The number of benzene rings is 1. The van der Waals surface area contributed by atoms with E-state index in [1.54, 1.807) is 0 Å². The zero-order valence-corrected chi connectivity index (χ0v) is 9.64. The van der Waals surface area contributed by atoms with Gasteiger partial charge in [0.2, 0.25) is 0 Å². The van der Waals surface area contributed by atoms with Gasteiger partial charge in [-0.2, -0.15) is 0 Å². The van der Waals surface area contributed by atoms with Crippen LogP contribution in [-0.4, -0.2) is 18.2 Å². The molecule has 1 N–H and O–H groups in total. The lowest BCUT2D eigenvalue weighted by atomic mass is 10.3. The first-order valence-electron chi connectivity index (χ1n) is 4.70. The molecule has 3 heteroatoms. The van der Waals surface area contributed by atoms with E-state index < -0.39 is 0 Å². The number of anilines is 1. The Morgan fingerprint density at radius 2 is 1.86 bits per heavy atom. The highest BCUT2D eigenvalue weighted by molar-refractivity contribution is 7.80. The summed E-state index contributed by atoms with van der Waals surface area (Å²) in [5.41, 5.74) is 1.10. The molecule has 0 spiro atoms. The predicted molar refractivity (Wildman–Crippen MR) is 65.7 cm³/mol. The van der Waals surface area contributed by atoms with Crippen molar-refractivity contribution in [2.45, 2.75) is 19.9 Å². The minimum absolute atomic E-state index is 0.369. The molecule has 0 atom stereocenters. The minimum atomic E-state index is 0.369. The highest BCUT2D eigenvalue weighted by atomic mass is 32.1. The van der Waals surface area contributed by atoms with Crippen molar-refractivity contribution < 1.29 is 0 Å². The lowest BCUT2D eigenvalue weighted by molar-refractivity contribution is 0.732. The van der Waals surface area contributed by atoms with Gasteiger partial charge >= 0.3 is 0 Å². The summed E-state index contributed by atoms with van der Waals surface area (Å²) >= 11 is 5.25. The average molecular weight is 208 g/mol. The van der Waals surface area contributed by atoms with Gasteiger partial charge in [0.05, 0.1) is 0 Å². The highest BCUT2D eigenvalue weighted by Gasteiger charge is 2.06. The quantitative estimate of drug-likeness (QED) is 0.751. The van der Waals surface area contributed by atoms with E-state index in [0.29, 0.717) is 6.04 Å². The van der Waals surface area contributed by atoms with Crippen molar-refractivity contribution in [1.82, 2.24) is 5.32 Å². The van der Waals surface area contributed by atoms with Gasteiger partial charge in [0.1, 0.15) is 0 Å². The number of thiocarbonyl (C=S) groups is 1. The molecule has 0 saturated heterocycles. The molecular formula is C11H16N2S. The maximum absolute atomic E-state index is 5.25. The van der Waals surface area contributed by atoms with Gasteiger partial charge < -0.3 is 10.2 Å². The van der Waals surface area contributed by atoms with Crippen LogP contribution in [0.15, 0.2) is 30.3 Å². The molecule has 0 saturated carbocycles. The Bertz CT molecular complexity index is 295. The van der Waals surface area contributed by atoms with Crippen molar-refractivity contribution >= 4 is 23.0 Å². The summed E-state index contributed by atoms with van der Waals surface area (Å²) in [6.07, 6.45) is 0. The van der Waals surface area contributed by atoms with E-state index >= 15 is 0 Å². The Balaban J connectivity index is 2.66. The van der Waals surface area contributed by atoms with E-state index in [1.807, 2.05) is 42.3 Å². The largest absolute Gasteiger partial charge is 0.360 e. The van der Waals surface area contributed by atoms with Crippen LogP contribution >= 0.6 is 12.2 Å². The summed E-state index contributed by atoms with van der Waals surface area (Å²) in [6.45, 7) is 4.15. The molecular weight excluding hydrogens is 192 g/mol. The first kappa shape index (κ1) is 11.0. The smallest absolute Gasteiger partial charge is 0.173 e. The van der Waals surface area contributed by atoms with Crippen molar-refractivity contribution in [2.75, 3.05) is 11.9 Å². The second kappa shape index (κ2) is 4.96. The number of nitrogens with zero attached hydrogens (tertiary/aromatic N) is 1. The number of hydrogen-bond acceptors (Lipinski definition) is 1. The Hall–Kier alpha value is -1.09. The van der Waals surface area contributed by atoms with E-state index in [4.69, 9.17) is 12.2 Å². The van der Waals surface area contributed by atoms with Crippen molar-refractivity contribution in [3.63, 3.8) is 0 Å². The molecule has 76 valence electrons. The van der Waals surface area contributed by atoms with Crippen LogP contribution in [0.2, 0.25) is 0 Å². The summed E-state index contributed by atoms with van der Waals surface area (Å²) in [4.78, 5) is 1.97. The van der Waals surface area contributed by atoms with Crippen LogP contribution in [0.25, 0.3) is 0 Å². The van der Waals surface area contributed by atoms with Gasteiger partial charge in [-0.1, -0.05) is 18.2 Å². The molecule has 0 aliphatic heterocycles. The fraction of sp³-hybridized carbons (Fsp3) is 0.364. The van der Waals surface area contributed by atoms with Crippen LogP contribution < -0.4 is 10.2 Å². The summed E-state index contributed by atoms with van der Waals surface area (Å²) in [5, 5.41) is 3.95. The van der Waals surface area contributed by atoms with Crippen LogP contribution in [0.1, 0.15) is 13.8 Å². The molecule has 0 heterocycles. The lowest BCUT2D eigenvalue weighted by Crippen LogP contribution is -2.40. The van der Waals surface area contributed by atoms with Crippen LogP contribution in [-0.2, 0) is 0 Å². The molecule has 0 aliphatic rings. The Labute approximate surface area is 90.9 Å². The molecule has 14 heavy (non-hydrogen) atoms. The van der Waals surface area contributed by atoms with Gasteiger partial charge in [-0.25, -0.2) is 0 Å². The molecule has 2 nitrogen and oxygen atoms in total. The third-order valence-corrected chi connectivity index (χ3v) is 2.25. The number of hydrogen-bond donors (Lipinski definition) is 1. The number of rotatable bonds is 2. The Kier molecular flexibility index (Phi) is 3.89. The first-order chi connectivity index (χ1) is 6.61. The molecule has 0 radical (unpaired) electrons. The van der Waals surface area contributed by atoms with Gasteiger partial charge in [-0.05, 0) is 38.2 Å². The summed E-state index contributed by atoms with van der Waals surface area (Å²) in [7, 11) is 1.97. The van der Waals surface area contributed by atoms with Crippen molar-refractivity contribution in [3.05, 3.63) is 30.3 Å². The van der Waals surface area contributed by atoms with E-state index in [2.05, 4.69) is 19.2 Å². The molecule has 1 aromatic rings. The molecule has 0 amide bonds. The highest BCUT2D eigenvalue weighted by Crippen LogP contribution is 2.10. The number of nitrogens with one attached hydrogen (secondary N) is 1. The Morgan fingerprint density at radius 1 is 1.29 bits per heavy atom. The van der Waals surface area contributed by atoms with E-state index in [1.165, 1.54) is 0 Å². The van der Waals surface area contributed by atoms with Crippen molar-refractivity contribution in [3.8, 4) is 0 Å². The normalized spacial score (nSPS) is 10.0. The van der Waals surface area contributed by atoms with Crippen molar-refractivity contribution in [2.24, 2.45) is 0 Å². The second-order valence-electron chi connectivity index (χ2n) is 3.50. The maximum atomic E-state index is 5.25. The SMILES string of the molecule is CC(C)NC(=S)N(C)c1ccccc1. The molecule has 0 unspecified atom stereocenters. The fourth-order valence-electron chi connectivity index (χ4n) is 1.11. The van der Waals surface area contributed by atoms with Gasteiger partial charge in [0, 0.05) is 18.8 Å². The summed E-state index contributed by atoms with van der Waals surface area (Å²) < 4.78 is 0. The Morgan fingerprint density at radius 3 is 2.36 bits per heavy atom. The van der Waals surface area contributed by atoms with Gasteiger partial charge in [0.15, 0.2) is 5.11 Å². The maximum Gasteiger partial charge on any atom is 0.173 e. The topological polar surface area (TPSA) is 15.3 Å². The second-order valence-corrected chi connectivity index (χ2v) is 3.89. The van der Waals surface area contributed by atoms with Crippen LogP contribution in [0.4, 0.5) is 5.69 Å². The summed E-state index contributed by atoms with van der Waals surface area (Å²) in [6, 6.07) is 10.4. The first-order valence-corrected chi connectivity index (χ1v) is 5.11. The van der Waals surface area contributed by atoms with Gasteiger partial charge in [-0.15, -0.1) is 0 Å². The van der Waals surface area contributed by atoms with Crippen LogP contribution in [0.5, 0.6) is 0 Å². The average Bonchev–Trinajstić information content (AvgIpc) is 2.17. The molecule has 0 fully saturated rings. The van der Waals surface area contributed by atoms with E-state index in [0.717, 1.165) is 10.8 Å². The van der Waals surface area contributed by atoms with Crippen LogP contribution in [0.3, 0.4) is 0 Å². The fourth-order valence-corrected chi connectivity index (χ4v) is 1.45. The zero-order chi connectivity index (χ0) is 10.6. The van der Waals surface area contributed by atoms with E-state index in [9.17, 15) is 0 Å². The molecule has 0 bridgehead atoms. The third-order valence-electron chi connectivity index (χ3n) is 1.86. The summed E-state index contributed by atoms with van der Waals surface area (Å²) in [5.74, 6) is 0. The monoisotopic (exact) mass is 208 g/mol. The molecule has 1 aromatic carbocycles. The van der Waals surface area contributed by atoms with Gasteiger partial charge in [-0.3, -0.25) is 0 Å². The minimum Gasteiger partial charge on any atom is -0.360 e. The third kappa shape index (κ3) is 3.00. The lowest BCUT2D eigenvalue weighted by Gasteiger charge is -2.22. The standard InChI is InChI=1S/C11H16N2S/c1-9(2)12-11(14)13(3)10-7-5-4-6-8-10/h4-9H,1-3H3,(H,12,14). The predicted octanol–water partition coefficient (Wildman–Crippen LogP) is 2.41. The zero-order valence-electron chi connectivity index (χ0n) is 8.82. The number of para-hydroxylation sites is 1. The van der Waals surface area contributed by atoms with Crippen LogP contribution in [0, 0.1) is 0 Å². The van der Waals surface area contributed by atoms with Gasteiger partial charge in [0.25, 0.3) is 0 Å². The van der Waals surface area contributed by atoms with Crippen molar-refractivity contribution in [1.29, 1.82) is 0 Å². The molecule has 0 aromatic heterocycles. The molecule has 1 rings (SSSR count). The van der Waals surface area contributed by atoms with E-state index in [-0.39, 0.29) is 0 Å².